The van der Waals surface area contributed by atoms with Crippen LogP contribution in [0, 0.1) is 20.8 Å². The number of rotatable bonds is 1. The third-order valence-corrected chi connectivity index (χ3v) is 2.73. The van der Waals surface area contributed by atoms with Crippen LogP contribution in [-0.2, 0) is 0 Å². The SMILES string of the molecule is Cc1cc(C)c(-c2cnc(N)[nH]2)cc1C. The molecule has 1 aromatic heterocycles. The number of nitrogen functional groups attached to an aromatic ring is 1. The first-order valence-electron chi connectivity index (χ1n) is 4.96. The van der Waals surface area contributed by atoms with Gasteiger partial charge in [-0.3, -0.25) is 0 Å². The Hall–Kier alpha value is -1.77. The predicted octanol–water partition coefficient (Wildman–Crippen LogP) is 2.58. The number of H-pyrrole nitrogens is 1. The van der Waals surface area contributed by atoms with E-state index in [4.69, 9.17) is 5.73 Å². The smallest absolute Gasteiger partial charge is 0.197 e. The molecule has 2 aromatic rings. The van der Waals surface area contributed by atoms with Crippen molar-refractivity contribution in [1.82, 2.24) is 9.97 Å². The average molecular weight is 201 g/mol. The van der Waals surface area contributed by atoms with Crippen LogP contribution in [0.3, 0.4) is 0 Å². The zero-order valence-electron chi connectivity index (χ0n) is 9.26. The van der Waals surface area contributed by atoms with Gasteiger partial charge in [0.1, 0.15) is 0 Å². The van der Waals surface area contributed by atoms with Crippen LogP contribution in [0.2, 0.25) is 0 Å². The van der Waals surface area contributed by atoms with E-state index in [-0.39, 0.29) is 0 Å². The fourth-order valence-electron chi connectivity index (χ4n) is 1.72. The first-order chi connectivity index (χ1) is 7.08. The van der Waals surface area contributed by atoms with Crippen LogP contribution >= 0.6 is 0 Å². The normalized spacial score (nSPS) is 10.6. The molecule has 1 aromatic carbocycles. The van der Waals surface area contributed by atoms with Gasteiger partial charge in [0.25, 0.3) is 0 Å². The lowest BCUT2D eigenvalue weighted by Crippen LogP contribution is -1.90. The first-order valence-corrected chi connectivity index (χ1v) is 4.96. The number of nitrogens with one attached hydrogen (secondary N) is 1. The molecule has 0 spiro atoms. The van der Waals surface area contributed by atoms with E-state index >= 15 is 0 Å². The van der Waals surface area contributed by atoms with Crippen molar-refractivity contribution < 1.29 is 0 Å². The van der Waals surface area contributed by atoms with Crippen LogP contribution in [-0.4, -0.2) is 9.97 Å². The molecule has 2 rings (SSSR count). The van der Waals surface area contributed by atoms with Crippen molar-refractivity contribution >= 4 is 5.95 Å². The summed E-state index contributed by atoms with van der Waals surface area (Å²) in [5, 5.41) is 0. The topological polar surface area (TPSA) is 54.7 Å². The third kappa shape index (κ3) is 1.73. The van der Waals surface area contributed by atoms with Crippen molar-refractivity contribution in [2.45, 2.75) is 20.8 Å². The largest absolute Gasteiger partial charge is 0.369 e. The summed E-state index contributed by atoms with van der Waals surface area (Å²) in [5.74, 6) is 0.461. The van der Waals surface area contributed by atoms with Crippen LogP contribution in [0.25, 0.3) is 11.3 Å². The zero-order valence-corrected chi connectivity index (χ0v) is 9.26. The van der Waals surface area contributed by atoms with Gasteiger partial charge in [-0.2, -0.15) is 0 Å². The Kier molecular flexibility index (Phi) is 2.23. The van der Waals surface area contributed by atoms with Crippen molar-refractivity contribution in [3.8, 4) is 11.3 Å². The molecule has 0 saturated heterocycles. The number of anilines is 1. The molecule has 0 radical (unpaired) electrons. The highest BCUT2D eigenvalue weighted by atomic mass is 15.0. The van der Waals surface area contributed by atoms with Crippen molar-refractivity contribution in [3.05, 3.63) is 35.0 Å². The van der Waals surface area contributed by atoms with E-state index < -0.39 is 0 Å². The van der Waals surface area contributed by atoms with E-state index in [9.17, 15) is 0 Å². The Bertz CT molecular complexity index is 498. The fourth-order valence-corrected chi connectivity index (χ4v) is 1.72. The van der Waals surface area contributed by atoms with Gasteiger partial charge >= 0.3 is 0 Å². The Morgan fingerprint density at radius 1 is 1.07 bits per heavy atom. The van der Waals surface area contributed by atoms with Crippen LogP contribution in [0.15, 0.2) is 18.3 Å². The van der Waals surface area contributed by atoms with Gasteiger partial charge < -0.3 is 10.7 Å². The molecule has 0 bridgehead atoms. The van der Waals surface area contributed by atoms with Gasteiger partial charge in [0, 0.05) is 5.56 Å². The molecule has 15 heavy (non-hydrogen) atoms. The maximum atomic E-state index is 5.57. The lowest BCUT2D eigenvalue weighted by Gasteiger charge is -2.07. The van der Waals surface area contributed by atoms with E-state index in [1.807, 2.05) is 0 Å². The van der Waals surface area contributed by atoms with Crippen LogP contribution in [0.4, 0.5) is 5.95 Å². The molecule has 0 aliphatic rings. The number of hydrogen-bond acceptors (Lipinski definition) is 2. The summed E-state index contributed by atoms with van der Waals surface area (Å²) in [5.41, 5.74) is 11.5. The van der Waals surface area contributed by atoms with Crippen molar-refractivity contribution in [2.75, 3.05) is 5.73 Å². The lowest BCUT2D eigenvalue weighted by molar-refractivity contribution is 1.28. The fraction of sp³-hybridized carbons (Fsp3) is 0.250. The quantitative estimate of drug-likeness (QED) is 0.745. The molecule has 0 saturated carbocycles. The highest BCUT2D eigenvalue weighted by Gasteiger charge is 2.06. The molecule has 3 N–H and O–H groups in total. The van der Waals surface area contributed by atoms with Crippen molar-refractivity contribution in [3.63, 3.8) is 0 Å². The Morgan fingerprint density at radius 2 is 1.73 bits per heavy atom. The zero-order chi connectivity index (χ0) is 11.0. The molecule has 0 unspecified atom stereocenters. The van der Waals surface area contributed by atoms with E-state index in [1.54, 1.807) is 6.20 Å². The second-order valence-corrected chi connectivity index (χ2v) is 3.93. The van der Waals surface area contributed by atoms with Gasteiger partial charge in [-0.05, 0) is 43.5 Å². The number of imidazole rings is 1. The Balaban J connectivity index is 2.58. The van der Waals surface area contributed by atoms with Gasteiger partial charge in [0.15, 0.2) is 5.95 Å². The monoisotopic (exact) mass is 201 g/mol. The third-order valence-electron chi connectivity index (χ3n) is 2.73. The average Bonchev–Trinajstić information content (AvgIpc) is 2.58. The van der Waals surface area contributed by atoms with Gasteiger partial charge in [0.05, 0.1) is 11.9 Å². The van der Waals surface area contributed by atoms with Gasteiger partial charge in [-0.1, -0.05) is 6.07 Å². The molecule has 1 heterocycles. The molecule has 0 amide bonds. The molecular weight excluding hydrogens is 186 g/mol. The first kappa shape index (κ1) is 9.77. The Labute approximate surface area is 89.4 Å². The second kappa shape index (κ2) is 3.42. The summed E-state index contributed by atoms with van der Waals surface area (Å²) in [7, 11) is 0. The molecule has 78 valence electrons. The molecule has 0 aliphatic heterocycles. The summed E-state index contributed by atoms with van der Waals surface area (Å²) in [4.78, 5) is 7.05. The number of aromatic amines is 1. The number of aryl methyl sites for hydroxylation is 3. The minimum absolute atomic E-state index is 0.461. The van der Waals surface area contributed by atoms with E-state index in [0.29, 0.717) is 5.95 Å². The van der Waals surface area contributed by atoms with Gasteiger partial charge in [-0.15, -0.1) is 0 Å². The Morgan fingerprint density at radius 3 is 2.33 bits per heavy atom. The van der Waals surface area contributed by atoms with Crippen molar-refractivity contribution in [1.29, 1.82) is 0 Å². The van der Waals surface area contributed by atoms with Crippen LogP contribution in [0.1, 0.15) is 16.7 Å². The number of hydrogen-bond donors (Lipinski definition) is 2. The molecular formula is C12H15N3. The maximum absolute atomic E-state index is 5.57. The van der Waals surface area contributed by atoms with Gasteiger partial charge in [0.2, 0.25) is 0 Å². The van der Waals surface area contributed by atoms with Crippen LogP contribution in [0.5, 0.6) is 0 Å². The summed E-state index contributed by atoms with van der Waals surface area (Å²) in [6.45, 7) is 6.32. The number of aromatic nitrogens is 2. The summed E-state index contributed by atoms with van der Waals surface area (Å²) in [6.07, 6.45) is 1.77. The van der Waals surface area contributed by atoms with E-state index in [1.165, 1.54) is 22.3 Å². The maximum Gasteiger partial charge on any atom is 0.197 e. The summed E-state index contributed by atoms with van der Waals surface area (Å²) >= 11 is 0. The molecule has 0 fully saturated rings. The highest BCUT2D eigenvalue weighted by Crippen LogP contribution is 2.25. The minimum Gasteiger partial charge on any atom is -0.369 e. The van der Waals surface area contributed by atoms with Gasteiger partial charge in [-0.25, -0.2) is 4.98 Å². The van der Waals surface area contributed by atoms with E-state index in [2.05, 4.69) is 42.9 Å². The minimum atomic E-state index is 0.461. The molecule has 0 atom stereocenters. The molecule has 0 aliphatic carbocycles. The van der Waals surface area contributed by atoms with Crippen molar-refractivity contribution in [2.24, 2.45) is 0 Å². The highest BCUT2D eigenvalue weighted by molar-refractivity contribution is 5.65. The lowest BCUT2D eigenvalue weighted by atomic mass is 9.99. The second-order valence-electron chi connectivity index (χ2n) is 3.93. The molecule has 3 nitrogen and oxygen atoms in total. The number of nitrogens with zero attached hydrogens (tertiary/aromatic N) is 1. The van der Waals surface area contributed by atoms with Crippen LogP contribution < -0.4 is 5.73 Å². The number of benzene rings is 1. The predicted molar refractivity (Wildman–Crippen MR) is 62.6 cm³/mol. The molecule has 3 heteroatoms. The summed E-state index contributed by atoms with van der Waals surface area (Å²) in [6, 6.07) is 4.35. The van der Waals surface area contributed by atoms with E-state index in [0.717, 1.165) is 5.69 Å². The summed E-state index contributed by atoms with van der Waals surface area (Å²) < 4.78 is 0. The standard InChI is InChI=1S/C12H15N3/c1-7-4-9(3)10(5-8(7)2)11-6-14-12(13)15-11/h4-6H,1-3H3,(H3,13,14,15). The number of nitrogens with two attached hydrogens (primary N) is 1.